The van der Waals surface area contributed by atoms with Crippen LogP contribution >= 0.6 is 0 Å². The van der Waals surface area contributed by atoms with Crippen LogP contribution in [0.15, 0.2) is 36.4 Å². The summed E-state index contributed by atoms with van der Waals surface area (Å²) in [7, 11) is 3.70. The molecule has 0 aliphatic carbocycles. The second kappa shape index (κ2) is 7.09. The van der Waals surface area contributed by atoms with Crippen LogP contribution in [0.25, 0.3) is 0 Å². The van der Waals surface area contributed by atoms with Crippen molar-refractivity contribution >= 4 is 11.5 Å². The van der Waals surface area contributed by atoms with Crippen LogP contribution < -0.4 is 15.0 Å². The summed E-state index contributed by atoms with van der Waals surface area (Å²) in [6.45, 7) is 5.97. The minimum absolute atomic E-state index is 0.859. The molecule has 1 aromatic carbocycles. The summed E-state index contributed by atoms with van der Waals surface area (Å²) >= 11 is 0. The maximum absolute atomic E-state index is 5.19. The molecule has 0 aliphatic rings. The van der Waals surface area contributed by atoms with Crippen molar-refractivity contribution in [1.29, 1.82) is 0 Å². The van der Waals surface area contributed by atoms with Crippen LogP contribution in [-0.2, 0) is 6.54 Å². The van der Waals surface area contributed by atoms with Crippen molar-refractivity contribution in [2.45, 2.75) is 20.4 Å². The average molecular weight is 285 g/mol. The molecular weight excluding hydrogens is 262 g/mol. The molecule has 0 aliphatic heterocycles. The molecule has 0 unspecified atom stereocenters. The third-order valence-corrected chi connectivity index (χ3v) is 3.38. The number of aromatic nitrogens is 1. The van der Waals surface area contributed by atoms with Crippen LogP contribution in [0.5, 0.6) is 5.75 Å². The molecule has 1 heterocycles. The van der Waals surface area contributed by atoms with Gasteiger partial charge in [-0.2, -0.15) is 0 Å². The zero-order valence-electron chi connectivity index (χ0n) is 13.2. The molecule has 4 nitrogen and oxygen atoms in total. The van der Waals surface area contributed by atoms with Crippen LogP contribution in [0.2, 0.25) is 0 Å². The Morgan fingerprint density at radius 1 is 1.19 bits per heavy atom. The van der Waals surface area contributed by atoms with Crippen molar-refractivity contribution in [2.75, 3.05) is 25.6 Å². The number of benzene rings is 1. The fraction of sp³-hybridized carbons (Fsp3) is 0.353. The molecule has 4 heteroatoms. The van der Waals surface area contributed by atoms with Crippen molar-refractivity contribution in [2.24, 2.45) is 0 Å². The highest BCUT2D eigenvalue weighted by molar-refractivity contribution is 5.60. The van der Waals surface area contributed by atoms with E-state index in [4.69, 9.17) is 4.74 Å². The molecule has 1 aromatic heterocycles. The molecule has 112 valence electrons. The Kier molecular flexibility index (Phi) is 5.17. The van der Waals surface area contributed by atoms with Gasteiger partial charge in [0.1, 0.15) is 11.6 Å². The normalized spacial score (nSPS) is 10.5. The van der Waals surface area contributed by atoms with Gasteiger partial charge < -0.3 is 15.0 Å². The van der Waals surface area contributed by atoms with Crippen molar-refractivity contribution in [3.8, 4) is 5.75 Å². The number of aryl methyl sites for hydroxylation is 1. The molecule has 0 saturated carbocycles. The predicted molar refractivity (Wildman–Crippen MR) is 87.4 cm³/mol. The van der Waals surface area contributed by atoms with E-state index >= 15 is 0 Å². The molecule has 0 saturated heterocycles. The van der Waals surface area contributed by atoms with Crippen LogP contribution in [0.3, 0.4) is 0 Å². The summed E-state index contributed by atoms with van der Waals surface area (Å²) in [6.07, 6.45) is 0. The fourth-order valence-corrected chi connectivity index (χ4v) is 2.20. The van der Waals surface area contributed by atoms with Gasteiger partial charge in [0, 0.05) is 25.0 Å². The molecule has 21 heavy (non-hydrogen) atoms. The summed E-state index contributed by atoms with van der Waals surface area (Å²) < 4.78 is 5.19. The highest BCUT2D eigenvalue weighted by atomic mass is 16.5. The van der Waals surface area contributed by atoms with Gasteiger partial charge in [0.05, 0.1) is 7.11 Å². The first kappa shape index (κ1) is 15.3. The Hall–Kier alpha value is -2.07. The van der Waals surface area contributed by atoms with E-state index in [0.29, 0.717) is 0 Å². The predicted octanol–water partition coefficient (Wildman–Crippen LogP) is 3.28. The minimum Gasteiger partial charge on any atom is -0.497 e. The summed E-state index contributed by atoms with van der Waals surface area (Å²) in [5, 5.41) is 3.35. The van der Waals surface area contributed by atoms with E-state index in [1.165, 1.54) is 5.56 Å². The number of rotatable bonds is 6. The van der Waals surface area contributed by atoms with Crippen LogP contribution in [-0.4, -0.2) is 25.7 Å². The molecular formula is C17H23N3O. The zero-order chi connectivity index (χ0) is 15.2. The number of pyridine rings is 1. The van der Waals surface area contributed by atoms with E-state index in [0.717, 1.165) is 36.0 Å². The van der Waals surface area contributed by atoms with Crippen LogP contribution in [0.4, 0.5) is 11.5 Å². The van der Waals surface area contributed by atoms with Gasteiger partial charge in [0.25, 0.3) is 0 Å². The highest BCUT2D eigenvalue weighted by Gasteiger charge is 2.08. The molecule has 0 radical (unpaired) electrons. The summed E-state index contributed by atoms with van der Waals surface area (Å²) in [5.74, 6) is 1.81. The van der Waals surface area contributed by atoms with Gasteiger partial charge in [-0.15, -0.1) is 0 Å². The van der Waals surface area contributed by atoms with Crippen molar-refractivity contribution in [3.05, 3.63) is 47.7 Å². The fourth-order valence-electron chi connectivity index (χ4n) is 2.20. The Labute approximate surface area is 126 Å². The molecule has 2 aromatic rings. The number of anilines is 2. The summed E-state index contributed by atoms with van der Waals surface area (Å²) in [6, 6.07) is 12.2. The van der Waals surface area contributed by atoms with Crippen LogP contribution in [0, 0.1) is 6.92 Å². The Bertz CT molecular complexity index is 581. The Balaban J connectivity index is 2.24. The standard InChI is InChI=1S/C17H23N3O/c1-5-18-12-14-10-13(2)19-17(11-14)20(3)15-6-8-16(21-4)9-7-15/h6-11,18H,5,12H2,1-4H3. The Morgan fingerprint density at radius 2 is 1.90 bits per heavy atom. The lowest BCUT2D eigenvalue weighted by molar-refractivity contribution is 0.415. The van der Waals surface area contributed by atoms with E-state index in [1.807, 2.05) is 38.2 Å². The number of nitrogens with one attached hydrogen (secondary N) is 1. The summed E-state index contributed by atoms with van der Waals surface area (Å²) in [5.41, 5.74) is 3.36. The van der Waals surface area contributed by atoms with Gasteiger partial charge >= 0.3 is 0 Å². The maximum atomic E-state index is 5.19. The third kappa shape index (κ3) is 3.95. The lowest BCUT2D eigenvalue weighted by Crippen LogP contribution is -2.15. The molecule has 0 amide bonds. The van der Waals surface area contributed by atoms with Gasteiger partial charge in [-0.1, -0.05) is 6.92 Å². The monoisotopic (exact) mass is 285 g/mol. The number of nitrogens with zero attached hydrogens (tertiary/aromatic N) is 2. The quantitative estimate of drug-likeness (QED) is 0.884. The van der Waals surface area contributed by atoms with Gasteiger partial charge in [-0.05, 0) is 55.4 Å². The largest absolute Gasteiger partial charge is 0.497 e. The van der Waals surface area contributed by atoms with E-state index < -0.39 is 0 Å². The van der Waals surface area contributed by atoms with E-state index in [1.54, 1.807) is 7.11 Å². The summed E-state index contributed by atoms with van der Waals surface area (Å²) in [4.78, 5) is 6.71. The van der Waals surface area contributed by atoms with Crippen molar-refractivity contribution < 1.29 is 4.74 Å². The molecule has 1 N–H and O–H groups in total. The molecule has 0 spiro atoms. The minimum atomic E-state index is 0.859. The van der Waals surface area contributed by atoms with Gasteiger partial charge in [-0.3, -0.25) is 0 Å². The SMILES string of the molecule is CCNCc1cc(C)nc(N(C)c2ccc(OC)cc2)c1. The second-order valence-electron chi connectivity index (χ2n) is 5.01. The zero-order valence-corrected chi connectivity index (χ0v) is 13.2. The first-order chi connectivity index (χ1) is 10.1. The number of hydrogen-bond acceptors (Lipinski definition) is 4. The smallest absolute Gasteiger partial charge is 0.133 e. The second-order valence-corrected chi connectivity index (χ2v) is 5.01. The van der Waals surface area contributed by atoms with Gasteiger partial charge in [0.2, 0.25) is 0 Å². The lowest BCUT2D eigenvalue weighted by atomic mass is 10.2. The molecule has 0 fully saturated rings. The van der Waals surface area contributed by atoms with E-state index in [-0.39, 0.29) is 0 Å². The Morgan fingerprint density at radius 3 is 2.52 bits per heavy atom. The number of ether oxygens (including phenoxy) is 1. The molecule has 2 rings (SSSR count). The van der Waals surface area contributed by atoms with E-state index in [9.17, 15) is 0 Å². The molecule has 0 bridgehead atoms. The third-order valence-electron chi connectivity index (χ3n) is 3.38. The number of hydrogen-bond donors (Lipinski definition) is 1. The first-order valence-electron chi connectivity index (χ1n) is 7.20. The van der Waals surface area contributed by atoms with E-state index in [2.05, 4.69) is 34.3 Å². The van der Waals surface area contributed by atoms with Crippen LogP contribution in [0.1, 0.15) is 18.2 Å². The molecule has 0 atom stereocenters. The van der Waals surface area contributed by atoms with Crippen molar-refractivity contribution in [3.63, 3.8) is 0 Å². The average Bonchev–Trinajstić information content (AvgIpc) is 2.51. The lowest BCUT2D eigenvalue weighted by Gasteiger charge is -2.20. The maximum Gasteiger partial charge on any atom is 0.133 e. The van der Waals surface area contributed by atoms with Crippen molar-refractivity contribution in [1.82, 2.24) is 10.3 Å². The van der Waals surface area contributed by atoms with Gasteiger partial charge in [-0.25, -0.2) is 4.98 Å². The van der Waals surface area contributed by atoms with Gasteiger partial charge in [0.15, 0.2) is 0 Å². The topological polar surface area (TPSA) is 37.4 Å². The highest BCUT2D eigenvalue weighted by Crippen LogP contribution is 2.25. The number of methoxy groups -OCH3 is 1. The first-order valence-corrected chi connectivity index (χ1v) is 7.20.